The first kappa shape index (κ1) is 16.6. The van der Waals surface area contributed by atoms with Crippen molar-refractivity contribution in [1.82, 2.24) is 4.98 Å². The molecule has 6 rings (SSSR count). The van der Waals surface area contributed by atoms with Crippen molar-refractivity contribution in [3.8, 4) is 22.4 Å². The minimum Gasteiger partial charge on any atom is -0.455 e. The number of fused-ring (bicyclic) bond motifs is 2. The Morgan fingerprint density at radius 2 is 1.48 bits per heavy atom. The van der Waals surface area contributed by atoms with Gasteiger partial charge in [0.05, 0.1) is 11.1 Å². The second-order valence-electron chi connectivity index (χ2n) is 8.50. The highest BCUT2D eigenvalue weighted by Crippen LogP contribution is 2.51. The van der Waals surface area contributed by atoms with Gasteiger partial charge in [-0.1, -0.05) is 80.6 Å². The van der Waals surface area contributed by atoms with Crippen LogP contribution in [-0.2, 0) is 5.41 Å². The van der Waals surface area contributed by atoms with Crippen LogP contribution in [-0.4, -0.2) is 4.98 Å². The summed E-state index contributed by atoms with van der Waals surface area (Å²) in [6, 6.07) is 23.7. The number of pyridine rings is 1. The summed E-state index contributed by atoms with van der Waals surface area (Å²) in [7, 11) is 0. The molecule has 0 spiro atoms. The molecule has 1 aliphatic rings. The first-order valence-electron chi connectivity index (χ1n) is 10.1. The van der Waals surface area contributed by atoms with E-state index in [-0.39, 0.29) is 5.41 Å². The fourth-order valence-corrected chi connectivity index (χ4v) is 4.94. The summed E-state index contributed by atoms with van der Waals surface area (Å²) in [5.41, 5.74) is 9.95. The first-order chi connectivity index (χ1) is 14.1. The minimum absolute atomic E-state index is 0.157. The maximum Gasteiger partial charge on any atom is 0.143 e. The van der Waals surface area contributed by atoms with E-state index in [1.807, 2.05) is 12.3 Å². The Labute approximate surface area is 169 Å². The molecule has 0 atom stereocenters. The summed E-state index contributed by atoms with van der Waals surface area (Å²) < 4.78 is 6.59. The predicted molar refractivity (Wildman–Crippen MR) is 119 cm³/mol. The average molecular weight is 375 g/mol. The molecule has 0 bridgehead atoms. The van der Waals surface area contributed by atoms with Gasteiger partial charge >= 0.3 is 0 Å². The fourth-order valence-electron chi connectivity index (χ4n) is 4.94. The van der Waals surface area contributed by atoms with Crippen LogP contribution in [0.4, 0.5) is 0 Å². The molecule has 3 aromatic carbocycles. The molecule has 1 aliphatic carbocycles. The van der Waals surface area contributed by atoms with E-state index >= 15 is 0 Å². The van der Waals surface area contributed by atoms with Gasteiger partial charge in [0.25, 0.3) is 0 Å². The molecule has 2 heteroatoms. The topological polar surface area (TPSA) is 26.0 Å². The minimum atomic E-state index is -0.157. The van der Waals surface area contributed by atoms with Gasteiger partial charge in [-0.3, -0.25) is 4.98 Å². The zero-order valence-corrected chi connectivity index (χ0v) is 16.8. The van der Waals surface area contributed by atoms with E-state index in [9.17, 15) is 0 Å². The van der Waals surface area contributed by atoms with Crippen LogP contribution in [0.25, 0.3) is 44.3 Å². The van der Waals surface area contributed by atoms with E-state index in [1.54, 1.807) is 0 Å². The van der Waals surface area contributed by atoms with Crippen molar-refractivity contribution >= 4 is 21.9 Å². The molecule has 2 aromatic heterocycles. The van der Waals surface area contributed by atoms with Crippen LogP contribution in [0.1, 0.15) is 30.5 Å². The van der Waals surface area contributed by atoms with Crippen molar-refractivity contribution < 1.29 is 4.42 Å². The summed E-state index contributed by atoms with van der Waals surface area (Å²) >= 11 is 0. The zero-order chi connectivity index (χ0) is 19.8. The lowest BCUT2D eigenvalue weighted by atomic mass is 9.75. The smallest absolute Gasteiger partial charge is 0.143 e. The number of hydrogen-bond donors (Lipinski definition) is 0. The normalized spacial score (nSPS) is 14.3. The maximum atomic E-state index is 6.59. The van der Waals surface area contributed by atoms with Crippen molar-refractivity contribution in [1.29, 1.82) is 0 Å². The highest BCUT2D eigenvalue weighted by atomic mass is 16.3. The number of aryl methyl sites for hydroxylation is 1. The molecular formula is C27H21NO. The lowest BCUT2D eigenvalue weighted by Gasteiger charge is -2.28. The van der Waals surface area contributed by atoms with Gasteiger partial charge in [-0.25, -0.2) is 0 Å². The molecule has 5 aromatic rings. The molecular weight excluding hydrogens is 354 g/mol. The van der Waals surface area contributed by atoms with Gasteiger partial charge < -0.3 is 4.42 Å². The van der Waals surface area contributed by atoms with Gasteiger partial charge in [0.15, 0.2) is 0 Å². The van der Waals surface area contributed by atoms with Crippen LogP contribution in [0, 0.1) is 6.92 Å². The molecule has 140 valence electrons. The van der Waals surface area contributed by atoms with Crippen LogP contribution in [0.3, 0.4) is 0 Å². The quantitative estimate of drug-likeness (QED) is 0.308. The predicted octanol–water partition coefficient (Wildman–Crippen LogP) is 7.26. The van der Waals surface area contributed by atoms with Crippen molar-refractivity contribution in [3.63, 3.8) is 0 Å². The molecule has 0 saturated heterocycles. The van der Waals surface area contributed by atoms with E-state index in [1.165, 1.54) is 27.6 Å². The van der Waals surface area contributed by atoms with Crippen LogP contribution in [0.15, 0.2) is 77.3 Å². The van der Waals surface area contributed by atoms with Crippen molar-refractivity contribution in [3.05, 3.63) is 89.6 Å². The average Bonchev–Trinajstić information content (AvgIpc) is 3.12. The van der Waals surface area contributed by atoms with Gasteiger partial charge in [-0.05, 0) is 23.6 Å². The van der Waals surface area contributed by atoms with Crippen LogP contribution < -0.4 is 0 Å². The summed E-state index contributed by atoms with van der Waals surface area (Å²) in [6.45, 7) is 6.69. The number of nitrogens with zero attached hydrogens (tertiary/aromatic N) is 1. The van der Waals surface area contributed by atoms with Crippen molar-refractivity contribution in [2.75, 3.05) is 0 Å². The van der Waals surface area contributed by atoms with E-state index in [4.69, 9.17) is 9.40 Å². The fraction of sp³-hybridized carbons (Fsp3) is 0.148. The number of furan rings is 1. The molecule has 2 nitrogen and oxygen atoms in total. The van der Waals surface area contributed by atoms with Gasteiger partial charge in [0.1, 0.15) is 11.2 Å². The molecule has 29 heavy (non-hydrogen) atoms. The molecule has 0 unspecified atom stereocenters. The third-order valence-corrected chi connectivity index (χ3v) is 6.43. The Morgan fingerprint density at radius 3 is 2.31 bits per heavy atom. The Morgan fingerprint density at radius 1 is 0.724 bits per heavy atom. The number of aromatic nitrogens is 1. The van der Waals surface area contributed by atoms with Gasteiger partial charge in [-0.2, -0.15) is 0 Å². The largest absolute Gasteiger partial charge is 0.455 e. The first-order valence-corrected chi connectivity index (χ1v) is 10.1. The van der Waals surface area contributed by atoms with Gasteiger partial charge in [0.2, 0.25) is 0 Å². The Kier molecular flexibility index (Phi) is 3.18. The second-order valence-corrected chi connectivity index (χ2v) is 8.50. The van der Waals surface area contributed by atoms with Gasteiger partial charge in [-0.15, -0.1) is 0 Å². The Balaban J connectivity index is 1.88. The van der Waals surface area contributed by atoms with E-state index in [0.717, 1.165) is 33.4 Å². The Bertz CT molecular complexity index is 1420. The van der Waals surface area contributed by atoms with E-state index in [2.05, 4.69) is 81.4 Å². The molecule has 0 radical (unpaired) electrons. The highest BCUT2D eigenvalue weighted by molar-refractivity contribution is 6.18. The number of benzene rings is 3. The highest BCUT2D eigenvalue weighted by Gasteiger charge is 2.35. The molecule has 0 saturated carbocycles. The zero-order valence-electron chi connectivity index (χ0n) is 16.8. The van der Waals surface area contributed by atoms with Gasteiger partial charge in [0, 0.05) is 33.7 Å². The molecule has 0 aliphatic heterocycles. The van der Waals surface area contributed by atoms with E-state index < -0.39 is 0 Å². The van der Waals surface area contributed by atoms with Crippen molar-refractivity contribution in [2.24, 2.45) is 0 Å². The monoisotopic (exact) mass is 375 g/mol. The third kappa shape index (κ3) is 2.09. The summed E-state index contributed by atoms with van der Waals surface area (Å²) in [5, 5.41) is 2.35. The molecule has 0 amide bonds. The lowest BCUT2D eigenvalue weighted by molar-refractivity contribution is 0.643. The second kappa shape index (κ2) is 5.57. The van der Waals surface area contributed by atoms with Crippen LogP contribution in [0.5, 0.6) is 0 Å². The SMILES string of the molecule is Cc1cnc2c3c1oc1c(-c4ccccc4)ccc(c13)C(C)(C)c1ccccc1-2. The molecule has 0 fully saturated rings. The molecule has 0 N–H and O–H groups in total. The van der Waals surface area contributed by atoms with Crippen molar-refractivity contribution in [2.45, 2.75) is 26.2 Å². The maximum absolute atomic E-state index is 6.59. The Hall–Kier alpha value is -3.39. The number of hydrogen-bond acceptors (Lipinski definition) is 2. The third-order valence-electron chi connectivity index (χ3n) is 6.43. The molecule has 2 heterocycles. The van der Waals surface area contributed by atoms with E-state index in [0.29, 0.717) is 0 Å². The standard InChI is InChI=1S/C27H21NO/c1-16-15-28-24-19-11-7-8-12-20(19)27(2,3)21-14-13-18(17-9-5-4-6-10-17)26-22(21)23(24)25(16)29-26/h4-15H,1-3H3. The van der Waals surface area contributed by atoms with Crippen LogP contribution in [0.2, 0.25) is 0 Å². The summed E-state index contributed by atoms with van der Waals surface area (Å²) in [5.74, 6) is 0. The lowest BCUT2D eigenvalue weighted by Crippen LogP contribution is -2.19. The number of rotatable bonds is 1. The summed E-state index contributed by atoms with van der Waals surface area (Å²) in [6.07, 6.45) is 1.94. The van der Waals surface area contributed by atoms with Crippen LogP contribution >= 0.6 is 0 Å². The summed E-state index contributed by atoms with van der Waals surface area (Å²) in [4.78, 5) is 4.90.